The minimum absolute atomic E-state index is 0.263. The molecule has 0 unspecified atom stereocenters. The minimum Gasteiger partial charge on any atom is -0.387 e. The number of aromatic nitrogens is 1. The number of rotatable bonds is 5. The summed E-state index contributed by atoms with van der Waals surface area (Å²) in [4.78, 5) is 17.5. The van der Waals surface area contributed by atoms with Crippen molar-refractivity contribution < 1.29 is 4.79 Å². The second-order valence-corrected chi connectivity index (χ2v) is 4.71. The van der Waals surface area contributed by atoms with E-state index in [0.29, 0.717) is 6.04 Å². The SMILES string of the molecule is CNc1cncc(N(CC(N)=O)C2CCCC2)c1. The highest BCUT2D eigenvalue weighted by atomic mass is 16.1. The maximum Gasteiger partial charge on any atom is 0.236 e. The molecule has 0 aliphatic heterocycles. The average molecular weight is 248 g/mol. The fourth-order valence-corrected chi connectivity index (χ4v) is 2.54. The van der Waals surface area contributed by atoms with Gasteiger partial charge in [0.2, 0.25) is 5.91 Å². The number of pyridine rings is 1. The lowest BCUT2D eigenvalue weighted by atomic mass is 10.2. The number of hydrogen-bond donors (Lipinski definition) is 2. The largest absolute Gasteiger partial charge is 0.387 e. The van der Waals surface area contributed by atoms with Crippen molar-refractivity contribution in [1.82, 2.24) is 4.98 Å². The maximum atomic E-state index is 11.2. The molecule has 1 saturated carbocycles. The smallest absolute Gasteiger partial charge is 0.236 e. The summed E-state index contributed by atoms with van der Waals surface area (Å²) in [7, 11) is 1.86. The Morgan fingerprint density at radius 2 is 2.22 bits per heavy atom. The Kier molecular flexibility index (Phi) is 4.02. The fraction of sp³-hybridized carbons (Fsp3) is 0.538. The molecule has 1 aromatic rings. The number of primary amides is 1. The summed E-state index contributed by atoms with van der Waals surface area (Å²) in [5, 5.41) is 3.06. The third-order valence-corrected chi connectivity index (χ3v) is 3.44. The van der Waals surface area contributed by atoms with Gasteiger partial charge >= 0.3 is 0 Å². The van der Waals surface area contributed by atoms with Crippen LogP contribution in [0.3, 0.4) is 0 Å². The molecule has 0 radical (unpaired) electrons. The molecule has 1 fully saturated rings. The standard InChI is InChI=1S/C13H20N4O/c1-15-10-6-12(8-16-7-10)17(9-13(14)18)11-4-2-3-5-11/h6-8,11,15H,2-5,9H2,1H3,(H2,14,18). The van der Waals surface area contributed by atoms with Crippen LogP contribution in [-0.2, 0) is 4.79 Å². The second-order valence-electron chi connectivity index (χ2n) is 4.71. The zero-order valence-corrected chi connectivity index (χ0v) is 10.7. The Bertz CT molecular complexity index is 415. The van der Waals surface area contributed by atoms with Crippen LogP contribution in [0.5, 0.6) is 0 Å². The van der Waals surface area contributed by atoms with E-state index >= 15 is 0 Å². The number of amides is 1. The Morgan fingerprint density at radius 3 is 2.83 bits per heavy atom. The van der Waals surface area contributed by atoms with Crippen molar-refractivity contribution in [3.63, 3.8) is 0 Å². The lowest BCUT2D eigenvalue weighted by Crippen LogP contribution is -2.40. The van der Waals surface area contributed by atoms with Crippen LogP contribution in [0.2, 0.25) is 0 Å². The average Bonchev–Trinajstić information content (AvgIpc) is 2.89. The van der Waals surface area contributed by atoms with E-state index in [-0.39, 0.29) is 12.5 Å². The van der Waals surface area contributed by atoms with E-state index in [2.05, 4.69) is 15.2 Å². The van der Waals surface area contributed by atoms with E-state index in [9.17, 15) is 4.79 Å². The molecule has 98 valence electrons. The molecule has 0 aromatic carbocycles. The van der Waals surface area contributed by atoms with E-state index in [0.717, 1.165) is 24.2 Å². The molecule has 5 heteroatoms. The number of hydrogen-bond acceptors (Lipinski definition) is 4. The van der Waals surface area contributed by atoms with Crippen LogP contribution in [0.15, 0.2) is 18.5 Å². The Morgan fingerprint density at radius 1 is 1.50 bits per heavy atom. The molecule has 0 saturated heterocycles. The molecule has 18 heavy (non-hydrogen) atoms. The summed E-state index contributed by atoms with van der Waals surface area (Å²) in [6.45, 7) is 0.263. The van der Waals surface area contributed by atoms with Crippen molar-refractivity contribution in [3.8, 4) is 0 Å². The molecule has 1 amide bonds. The van der Waals surface area contributed by atoms with Crippen LogP contribution in [0.1, 0.15) is 25.7 Å². The summed E-state index contributed by atoms with van der Waals surface area (Å²) >= 11 is 0. The highest BCUT2D eigenvalue weighted by Crippen LogP contribution is 2.28. The Balaban J connectivity index is 2.23. The van der Waals surface area contributed by atoms with Gasteiger partial charge in [-0.3, -0.25) is 9.78 Å². The molecule has 0 bridgehead atoms. The first-order valence-corrected chi connectivity index (χ1v) is 6.38. The van der Waals surface area contributed by atoms with Gasteiger partial charge in [0.25, 0.3) is 0 Å². The van der Waals surface area contributed by atoms with E-state index in [1.807, 2.05) is 13.1 Å². The second kappa shape index (κ2) is 5.71. The predicted octanol–water partition coefficient (Wildman–Crippen LogP) is 1.36. The van der Waals surface area contributed by atoms with Gasteiger partial charge in [0.05, 0.1) is 30.3 Å². The number of nitrogens with one attached hydrogen (secondary N) is 1. The Hall–Kier alpha value is -1.78. The summed E-state index contributed by atoms with van der Waals surface area (Å²) in [6, 6.07) is 2.42. The number of carbonyl (C=O) groups is 1. The third kappa shape index (κ3) is 2.91. The van der Waals surface area contributed by atoms with Crippen molar-refractivity contribution in [2.75, 3.05) is 23.8 Å². The van der Waals surface area contributed by atoms with Crippen LogP contribution in [-0.4, -0.2) is 30.5 Å². The molecule has 5 nitrogen and oxygen atoms in total. The zero-order valence-electron chi connectivity index (χ0n) is 10.7. The number of nitrogens with two attached hydrogens (primary N) is 1. The lowest BCUT2D eigenvalue weighted by Gasteiger charge is -2.29. The quantitative estimate of drug-likeness (QED) is 0.825. The maximum absolute atomic E-state index is 11.2. The topological polar surface area (TPSA) is 71.2 Å². The van der Waals surface area contributed by atoms with Crippen LogP contribution in [0.25, 0.3) is 0 Å². The molecule has 3 N–H and O–H groups in total. The first kappa shape index (κ1) is 12.7. The zero-order chi connectivity index (χ0) is 13.0. The highest BCUT2D eigenvalue weighted by molar-refractivity contribution is 5.80. The van der Waals surface area contributed by atoms with Crippen LogP contribution in [0, 0.1) is 0 Å². The molecule has 1 aliphatic carbocycles. The first-order valence-electron chi connectivity index (χ1n) is 6.38. The van der Waals surface area contributed by atoms with Crippen molar-refractivity contribution in [3.05, 3.63) is 18.5 Å². The summed E-state index contributed by atoms with van der Waals surface area (Å²) in [5.74, 6) is -0.295. The normalized spacial score (nSPS) is 15.6. The van der Waals surface area contributed by atoms with Crippen LogP contribution in [0.4, 0.5) is 11.4 Å². The van der Waals surface area contributed by atoms with E-state index in [4.69, 9.17) is 5.73 Å². The van der Waals surface area contributed by atoms with Crippen LogP contribution >= 0.6 is 0 Å². The molecular formula is C13H20N4O. The van der Waals surface area contributed by atoms with Crippen molar-refractivity contribution in [1.29, 1.82) is 0 Å². The number of anilines is 2. The number of carbonyl (C=O) groups excluding carboxylic acids is 1. The molecule has 1 aliphatic rings. The summed E-state index contributed by atoms with van der Waals surface area (Å²) in [5.41, 5.74) is 7.26. The van der Waals surface area contributed by atoms with Crippen LogP contribution < -0.4 is 16.0 Å². The summed E-state index contributed by atoms with van der Waals surface area (Å²) < 4.78 is 0. The van der Waals surface area contributed by atoms with Crippen molar-refractivity contribution in [2.45, 2.75) is 31.7 Å². The molecule has 1 heterocycles. The monoisotopic (exact) mass is 248 g/mol. The van der Waals surface area contributed by atoms with E-state index in [1.54, 1.807) is 12.4 Å². The Labute approximate surface area is 107 Å². The third-order valence-electron chi connectivity index (χ3n) is 3.44. The first-order chi connectivity index (χ1) is 8.70. The number of nitrogens with zero attached hydrogens (tertiary/aromatic N) is 2. The van der Waals surface area contributed by atoms with Gasteiger partial charge in [-0.1, -0.05) is 12.8 Å². The molecule has 0 atom stereocenters. The van der Waals surface area contributed by atoms with Gasteiger partial charge in [-0.2, -0.15) is 0 Å². The van der Waals surface area contributed by atoms with E-state index in [1.165, 1.54) is 12.8 Å². The predicted molar refractivity (Wildman–Crippen MR) is 72.6 cm³/mol. The minimum atomic E-state index is -0.295. The lowest BCUT2D eigenvalue weighted by molar-refractivity contribution is -0.116. The molecule has 1 aromatic heterocycles. The molecular weight excluding hydrogens is 228 g/mol. The van der Waals surface area contributed by atoms with Crippen molar-refractivity contribution >= 4 is 17.3 Å². The summed E-state index contributed by atoms with van der Waals surface area (Å²) in [6.07, 6.45) is 8.25. The van der Waals surface area contributed by atoms with Gasteiger partial charge < -0.3 is 16.0 Å². The van der Waals surface area contributed by atoms with Gasteiger partial charge in [0.15, 0.2) is 0 Å². The van der Waals surface area contributed by atoms with Gasteiger partial charge in [0, 0.05) is 13.1 Å². The highest BCUT2D eigenvalue weighted by Gasteiger charge is 2.24. The van der Waals surface area contributed by atoms with Gasteiger partial charge in [-0.05, 0) is 18.9 Å². The fourth-order valence-electron chi connectivity index (χ4n) is 2.54. The molecule has 0 spiro atoms. The van der Waals surface area contributed by atoms with Crippen molar-refractivity contribution in [2.24, 2.45) is 5.73 Å². The van der Waals surface area contributed by atoms with Gasteiger partial charge in [-0.15, -0.1) is 0 Å². The van der Waals surface area contributed by atoms with E-state index < -0.39 is 0 Å². The van der Waals surface area contributed by atoms with Gasteiger partial charge in [0.1, 0.15) is 0 Å². The molecule has 2 rings (SSSR count). The van der Waals surface area contributed by atoms with Gasteiger partial charge in [-0.25, -0.2) is 0 Å².